The third-order valence-electron chi connectivity index (χ3n) is 4.28. The fraction of sp³-hybridized carbons (Fsp3) is 0.611. The first kappa shape index (κ1) is 20.6. The Hall–Kier alpha value is -1.46. The Morgan fingerprint density at radius 3 is 2.50 bits per heavy atom. The van der Waals surface area contributed by atoms with Crippen LogP contribution < -0.4 is 20.1 Å². The molecule has 0 aliphatic heterocycles. The van der Waals surface area contributed by atoms with E-state index in [1.807, 2.05) is 18.2 Å². The Morgan fingerprint density at radius 1 is 1.12 bits per heavy atom. The first-order valence-electron chi connectivity index (χ1n) is 8.44. The second kappa shape index (κ2) is 11.2. The van der Waals surface area contributed by atoms with E-state index in [-0.39, 0.29) is 18.3 Å². The number of hydrogen-bond acceptors (Lipinski definition) is 4. The number of methoxy groups -OCH3 is 2. The first-order chi connectivity index (χ1) is 11.2. The zero-order valence-corrected chi connectivity index (χ0v) is 15.4. The lowest BCUT2D eigenvalue weighted by Gasteiger charge is -2.22. The van der Waals surface area contributed by atoms with Crippen LogP contribution >= 0.6 is 12.4 Å². The van der Waals surface area contributed by atoms with E-state index in [1.54, 1.807) is 14.2 Å². The van der Waals surface area contributed by atoms with Crippen LogP contribution in [0.3, 0.4) is 0 Å². The number of nitrogens with one attached hydrogen (secondary N) is 2. The zero-order chi connectivity index (χ0) is 16.5. The standard InChI is InChI=1S/C18H28N2O3.ClH/c1-22-16-9-8-14(12-17(16)23-2)13-19-11-10-18(21)20-15-6-4-3-5-7-15;/h8-9,12,15,19H,3-7,10-11,13H2,1-2H3,(H,20,21);1H. The van der Waals surface area contributed by atoms with Crippen molar-refractivity contribution in [1.82, 2.24) is 10.6 Å². The van der Waals surface area contributed by atoms with Crippen molar-refractivity contribution in [3.05, 3.63) is 23.8 Å². The summed E-state index contributed by atoms with van der Waals surface area (Å²) < 4.78 is 10.5. The van der Waals surface area contributed by atoms with Gasteiger partial charge in [0, 0.05) is 25.6 Å². The smallest absolute Gasteiger partial charge is 0.221 e. The summed E-state index contributed by atoms with van der Waals surface area (Å²) in [7, 11) is 3.26. The van der Waals surface area contributed by atoms with Crippen molar-refractivity contribution in [3.8, 4) is 11.5 Å². The number of benzene rings is 1. The Bertz CT molecular complexity index is 505. The van der Waals surface area contributed by atoms with Crippen molar-refractivity contribution >= 4 is 18.3 Å². The van der Waals surface area contributed by atoms with Crippen LogP contribution in [0.25, 0.3) is 0 Å². The predicted octanol–water partition coefficient (Wildman–Crippen LogP) is 3.05. The van der Waals surface area contributed by atoms with Gasteiger partial charge >= 0.3 is 0 Å². The molecule has 1 aliphatic rings. The van der Waals surface area contributed by atoms with Crippen molar-refractivity contribution in [3.63, 3.8) is 0 Å². The molecule has 0 heterocycles. The minimum absolute atomic E-state index is 0. The van der Waals surface area contributed by atoms with E-state index in [0.29, 0.717) is 25.6 Å². The highest BCUT2D eigenvalue weighted by molar-refractivity contribution is 5.85. The average molecular weight is 357 g/mol. The van der Waals surface area contributed by atoms with E-state index >= 15 is 0 Å². The van der Waals surface area contributed by atoms with Gasteiger partial charge in [0.15, 0.2) is 11.5 Å². The van der Waals surface area contributed by atoms with E-state index in [0.717, 1.165) is 29.9 Å². The summed E-state index contributed by atoms with van der Waals surface area (Å²) in [5, 5.41) is 6.44. The van der Waals surface area contributed by atoms with Crippen molar-refractivity contribution in [2.75, 3.05) is 20.8 Å². The largest absolute Gasteiger partial charge is 0.493 e. The molecule has 0 radical (unpaired) electrons. The number of carbonyl (C=O) groups is 1. The molecule has 0 spiro atoms. The lowest BCUT2D eigenvalue weighted by atomic mass is 9.95. The maximum absolute atomic E-state index is 11.9. The Kier molecular flexibility index (Phi) is 9.57. The predicted molar refractivity (Wildman–Crippen MR) is 98.1 cm³/mol. The number of halogens is 1. The highest BCUT2D eigenvalue weighted by atomic mass is 35.5. The molecule has 1 aromatic rings. The SMILES string of the molecule is COc1ccc(CNCCC(=O)NC2CCCCC2)cc1OC.Cl. The third-order valence-corrected chi connectivity index (χ3v) is 4.28. The van der Waals surface area contributed by atoms with Crippen LogP contribution in [0, 0.1) is 0 Å². The monoisotopic (exact) mass is 356 g/mol. The molecule has 24 heavy (non-hydrogen) atoms. The molecule has 1 aliphatic carbocycles. The van der Waals surface area contributed by atoms with Crippen LogP contribution in [0.15, 0.2) is 18.2 Å². The van der Waals surface area contributed by atoms with Gasteiger partial charge < -0.3 is 20.1 Å². The second-order valence-electron chi connectivity index (χ2n) is 6.02. The Balaban J connectivity index is 0.00000288. The van der Waals surface area contributed by atoms with E-state index in [1.165, 1.54) is 19.3 Å². The number of rotatable bonds is 8. The fourth-order valence-electron chi connectivity index (χ4n) is 2.97. The molecule has 5 nitrogen and oxygen atoms in total. The average Bonchev–Trinajstić information content (AvgIpc) is 2.59. The summed E-state index contributed by atoms with van der Waals surface area (Å²) in [6.07, 6.45) is 6.56. The van der Waals surface area contributed by atoms with E-state index in [9.17, 15) is 4.79 Å². The number of hydrogen-bond donors (Lipinski definition) is 2. The normalized spacial score (nSPS) is 14.6. The second-order valence-corrected chi connectivity index (χ2v) is 6.02. The maximum atomic E-state index is 11.9. The summed E-state index contributed by atoms with van der Waals surface area (Å²) in [6.45, 7) is 1.38. The van der Waals surface area contributed by atoms with Crippen molar-refractivity contribution in [2.45, 2.75) is 51.1 Å². The minimum Gasteiger partial charge on any atom is -0.493 e. The molecule has 0 aromatic heterocycles. The molecule has 0 bridgehead atoms. The van der Waals surface area contributed by atoms with Crippen LogP contribution in [-0.4, -0.2) is 32.7 Å². The molecule has 0 saturated heterocycles. The molecule has 136 valence electrons. The molecular weight excluding hydrogens is 328 g/mol. The van der Waals surface area contributed by atoms with Gasteiger partial charge in [-0.25, -0.2) is 0 Å². The van der Waals surface area contributed by atoms with Crippen LogP contribution in [0.4, 0.5) is 0 Å². The molecule has 1 amide bonds. The lowest BCUT2D eigenvalue weighted by Crippen LogP contribution is -2.37. The van der Waals surface area contributed by atoms with Crippen molar-refractivity contribution < 1.29 is 14.3 Å². The molecule has 2 N–H and O–H groups in total. The maximum Gasteiger partial charge on any atom is 0.221 e. The molecule has 1 saturated carbocycles. The quantitative estimate of drug-likeness (QED) is 0.703. The highest BCUT2D eigenvalue weighted by Crippen LogP contribution is 2.27. The number of amides is 1. The molecule has 2 rings (SSSR count). The van der Waals surface area contributed by atoms with Gasteiger partial charge in [-0.15, -0.1) is 12.4 Å². The Morgan fingerprint density at radius 2 is 1.83 bits per heavy atom. The summed E-state index contributed by atoms with van der Waals surface area (Å²) in [4.78, 5) is 11.9. The van der Waals surface area contributed by atoms with E-state index < -0.39 is 0 Å². The molecular formula is C18H29ClN2O3. The summed E-state index contributed by atoms with van der Waals surface area (Å²) in [5.41, 5.74) is 1.11. The lowest BCUT2D eigenvalue weighted by molar-refractivity contribution is -0.121. The summed E-state index contributed by atoms with van der Waals surface area (Å²) in [5.74, 6) is 1.60. The number of carbonyl (C=O) groups excluding carboxylic acids is 1. The molecule has 1 aromatic carbocycles. The van der Waals surface area contributed by atoms with Gasteiger partial charge in [0.2, 0.25) is 5.91 Å². The van der Waals surface area contributed by atoms with Crippen molar-refractivity contribution in [2.24, 2.45) is 0 Å². The number of ether oxygens (including phenoxy) is 2. The van der Waals surface area contributed by atoms with Crippen LogP contribution in [0.2, 0.25) is 0 Å². The van der Waals surface area contributed by atoms with Crippen LogP contribution in [0.5, 0.6) is 11.5 Å². The van der Waals surface area contributed by atoms with Crippen molar-refractivity contribution in [1.29, 1.82) is 0 Å². The van der Waals surface area contributed by atoms with Crippen LogP contribution in [0.1, 0.15) is 44.1 Å². The van der Waals surface area contributed by atoms with Gasteiger partial charge in [0.1, 0.15) is 0 Å². The van der Waals surface area contributed by atoms with Gasteiger partial charge in [-0.05, 0) is 30.5 Å². The fourth-order valence-corrected chi connectivity index (χ4v) is 2.97. The van der Waals surface area contributed by atoms with Gasteiger partial charge in [-0.3, -0.25) is 4.79 Å². The molecule has 0 atom stereocenters. The van der Waals surface area contributed by atoms with Gasteiger partial charge in [0.05, 0.1) is 14.2 Å². The molecule has 1 fully saturated rings. The molecule has 0 unspecified atom stereocenters. The molecule has 6 heteroatoms. The Labute approximate surface area is 150 Å². The third kappa shape index (κ3) is 6.57. The van der Waals surface area contributed by atoms with E-state index in [2.05, 4.69) is 10.6 Å². The minimum atomic E-state index is 0. The van der Waals surface area contributed by atoms with Gasteiger partial charge in [-0.2, -0.15) is 0 Å². The zero-order valence-electron chi connectivity index (χ0n) is 14.6. The summed E-state index contributed by atoms with van der Waals surface area (Å²) in [6, 6.07) is 6.23. The van der Waals surface area contributed by atoms with Gasteiger partial charge in [-0.1, -0.05) is 25.3 Å². The summed E-state index contributed by atoms with van der Waals surface area (Å²) >= 11 is 0. The van der Waals surface area contributed by atoms with Gasteiger partial charge in [0.25, 0.3) is 0 Å². The topological polar surface area (TPSA) is 59.6 Å². The van der Waals surface area contributed by atoms with Crippen LogP contribution in [-0.2, 0) is 11.3 Å². The first-order valence-corrected chi connectivity index (χ1v) is 8.44. The highest BCUT2D eigenvalue weighted by Gasteiger charge is 2.15. The van der Waals surface area contributed by atoms with E-state index in [4.69, 9.17) is 9.47 Å².